The molecule has 2 aromatic carbocycles. The van der Waals surface area contributed by atoms with Gasteiger partial charge in [-0.3, -0.25) is 33.6 Å². The van der Waals surface area contributed by atoms with Crippen LogP contribution in [0.5, 0.6) is 0 Å². The van der Waals surface area contributed by atoms with E-state index in [0.717, 1.165) is 0 Å². The molecule has 3 aliphatic rings. The lowest BCUT2D eigenvalue weighted by Gasteiger charge is -2.31. The van der Waals surface area contributed by atoms with Crippen molar-refractivity contribution in [1.29, 1.82) is 0 Å². The maximum atomic E-state index is 14.5. The van der Waals surface area contributed by atoms with Crippen molar-refractivity contribution >= 4 is 64.0 Å². The number of aliphatic hydroxyl groups is 2. The van der Waals surface area contributed by atoms with E-state index in [4.69, 9.17) is 0 Å². The van der Waals surface area contributed by atoms with Gasteiger partial charge in [0.15, 0.2) is 0 Å². The van der Waals surface area contributed by atoms with E-state index in [-0.39, 0.29) is 38.0 Å². The topological polar surface area (TPSA) is 251 Å². The summed E-state index contributed by atoms with van der Waals surface area (Å²) in [6, 6.07) is 6.86. The number of thioether (sulfide) groups is 1. The second kappa shape index (κ2) is 18.2. The van der Waals surface area contributed by atoms with Gasteiger partial charge in [0.1, 0.15) is 42.3 Å². The Balaban J connectivity index is 1.51. The van der Waals surface area contributed by atoms with Gasteiger partial charge in [0, 0.05) is 42.5 Å². The van der Waals surface area contributed by atoms with E-state index in [2.05, 4.69) is 36.9 Å². The van der Waals surface area contributed by atoms with Crippen LogP contribution in [0.1, 0.15) is 58.1 Å². The Labute approximate surface area is 345 Å². The zero-order chi connectivity index (χ0) is 42.6. The van der Waals surface area contributed by atoms with Crippen molar-refractivity contribution in [2.45, 2.75) is 119 Å². The normalized spacial score (nSPS) is 27.3. The predicted octanol–water partition coefficient (Wildman–Crippen LogP) is -0.466. The van der Waals surface area contributed by atoms with Crippen LogP contribution in [-0.4, -0.2) is 128 Å². The molecule has 3 aliphatic heterocycles. The van der Waals surface area contributed by atoms with Gasteiger partial charge in [0.2, 0.25) is 41.4 Å². The molecule has 8 unspecified atom stereocenters. The number of aromatic amines is 1. The fourth-order valence-corrected chi connectivity index (χ4v) is 8.77. The summed E-state index contributed by atoms with van der Waals surface area (Å²) in [6.07, 6.45) is -1.21. The molecule has 1 fully saturated rings. The van der Waals surface area contributed by atoms with E-state index >= 15 is 0 Å². The molecule has 0 aliphatic carbocycles. The smallest absolute Gasteiger partial charge is 0.246 e. The molecule has 0 radical (unpaired) electrons. The molecule has 0 saturated carbocycles. The van der Waals surface area contributed by atoms with Crippen molar-refractivity contribution in [3.8, 4) is 0 Å². The number of H-pyrrole nitrogens is 1. The van der Waals surface area contributed by atoms with Gasteiger partial charge >= 0.3 is 0 Å². The quantitative estimate of drug-likeness (QED) is 0.160. The largest absolute Gasteiger partial charge is 0.391 e. The zero-order valence-corrected chi connectivity index (χ0v) is 34.2. The predicted molar refractivity (Wildman–Crippen MR) is 217 cm³/mol. The molecule has 6 rings (SSSR count). The number of para-hydroxylation sites is 1. The fraction of sp³-hybridized carbons (Fsp3) is 0.488. The van der Waals surface area contributed by atoms with E-state index < -0.39 is 95.3 Å². The van der Waals surface area contributed by atoms with Crippen LogP contribution in [0.4, 0.5) is 0 Å². The Bertz CT molecular complexity index is 2090. The van der Waals surface area contributed by atoms with Crippen LogP contribution in [0.2, 0.25) is 0 Å². The van der Waals surface area contributed by atoms with Crippen LogP contribution < -0.4 is 31.9 Å². The molecule has 0 spiro atoms. The first kappa shape index (κ1) is 43.1. The summed E-state index contributed by atoms with van der Waals surface area (Å²) < 4.78 is 0. The summed E-state index contributed by atoms with van der Waals surface area (Å²) in [6.45, 7) is 5.84. The highest BCUT2D eigenvalue weighted by atomic mass is 32.2. The summed E-state index contributed by atoms with van der Waals surface area (Å²) in [7, 11) is 0. The summed E-state index contributed by atoms with van der Waals surface area (Å²) >= 11 is 1.17. The summed E-state index contributed by atoms with van der Waals surface area (Å²) in [5.41, 5.74) is 0.413. The standard InChI is InChI=1S/C41H52N8O9S/c1-21-33(51)43-28-18-25-24-13-8-9-14-26(24)47-39(25)59-20-30(40(57)49-16-10-15-31(49)37(55)42-21)46-38(56)32(22(2)50)48-35(53)27(17-23-11-6-5-7-12-23)44-36(54)29(45-34(28)52)19-41(3,4)58/h5-9,11-14,21-22,27-32,47,50,58H,10,15-20H2,1-4H3,(H,42,55)(H,43,51)(H,44,54)(H,45,52)(H,46,56)(H,48,53). The summed E-state index contributed by atoms with van der Waals surface area (Å²) in [5.74, 6) is -5.33. The average molecular weight is 833 g/mol. The molecule has 3 aromatic rings. The second-order valence-corrected chi connectivity index (χ2v) is 17.1. The number of amides is 7. The summed E-state index contributed by atoms with van der Waals surface area (Å²) in [4.78, 5) is 104. The van der Waals surface area contributed by atoms with Gasteiger partial charge in [-0.2, -0.15) is 0 Å². The molecule has 17 nitrogen and oxygen atoms in total. The van der Waals surface area contributed by atoms with Crippen LogP contribution in [-0.2, 0) is 46.4 Å². The highest BCUT2D eigenvalue weighted by molar-refractivity contribution is 7.99. The molecule has 59 heavy (non-hydrogen) atoms. The van der Waals surface area contributed by atoms with E-state index in [1.165, 1.54) is 44.4 Å². The Morgan fingerprint density at radius 1 is 0.780 bits per heavy atom. The lowest BCUT2D eigenvalue weighted by atomic mass is 9.96. The zero-order valence-electron chi connectivity index (χ0n) is 33.4. The molecule has 4 heterocycles. The molecule has 8 atom stereocenters. The lowest BCUT2D eigenvalue weighted by molar-refractivity contribution is -0.142. The monoisotopic (exact) mass is 832 g/mol. The van der Waals surface area contributed by atoms with Gasteiger partial charge in [0.25, 0.3) is 0 Å². The van der Waals surface area contributed by atoms with E-state index in [1.54, 1.807) is 36.4 Å². The van der Waals surface area contributed by atoms with Crippen molar-refractivity contribution in [3.63, 3.8) is 0 Å². The van der Waals surface area contributed by atoms with Crippen LogP contribution in [0.25, 0.3) is 10.9 Å². The molecular formula is C41H52N8O9S. The fourth-order valence-electron chi connectivity index (χ4n) is 7.66. The molecule has 2 bridgehead atoms. The number of carbonyl (C=O) groups excluding carboxylic acids is 7. The van der Waals surface area contributed by atoms with Gasteiger partial charge in [-0.25, -0.2) is 0 Å². The molecule has 18 heteroatoms. The number of rotatable bonds is 5. The molecular weight excluding hydrogens is 781 g/mol. The number of hydrogen-bond donors (Lipinski definition) is 9. The first-order chi connectivity index (χ1) is 28.0. The second-order valence-electron chi connectivity index (χ2n) is 16.1. The van der Waals surface area contributed by atoms with Crippen molar-refractivity contribution in [2.75, 3.05) is 12.3 Å². The Hall–Kier alpha value is -5.46. The number of benzene rings is 2. The van der Waals surface area contributed by atoms with Crippen molar-refractivity contribution < 1.29 is 43.8 Å². The van der Waals surface area contributed by atoms with Crippen LogP contribution in [0.15, 0.2) is 59.6 Å². The molecule has 1 saturated heterocycles. The Morgan fingerprint density at radius 2 is 1.44 bits per heavy atom. The first-order valence-electron chi connectivity index (χ1n) is 19.8. The van der Waals surface area contributed by atoms with E-state index in [1.807, 2.05) is 18.2 Å². The number of nitrogens with zero attached hydrogens (tertiary/aromatic N) is 1. The minimum Gasteiger partial charge on any atom is -0.391 e. The van der Waals surface area contributed by atoms with Crippen LogP contribution >= 0.6 is 11.8 Å². The van der Waals surface area contributed by atoms with E-state index in [0.29, 0.717) is 33.5 Å². The number of aromatic nitrogens is 1. The molecule has 9 N–H and O–H groups in total. The SMILES string of the molecule is CC1NC(=O)C2CCCN2C(=O)C2CSc3[nH]c4ccccc4c3CC(NC1=O)C(=O)NC(CC(C)(C)O)C(=O)NC(Cc1ccccc1)C(=O)NC(C(C)O)C(=O)N2. The summed E-state index contributed by atoms with van der Waals surface area (Å²) in [5, 5.41) is 39.2. The van der Waals surface area contributed by atoms with Gasteiger partial charge in [-0.05, 0) is 57.7 Å². The maximum absolute atomic E-state index is 14.5. The van der Waals surface area contributed by atoms with Crippen molar-refractivity contribution in [2.24, 2.45) is 0 Å². The number of nitrogens with one attached hydrogen (secondary N) is 7. The third-order valence-corrected chi connectivity index (χ3v) is 11.9. The minimum absolute atomic E-state index is 0.0647. The van der Waals surface area contributed by atoms with Gasteiger partial charge in [-0.1, -0.05) is 48.5 Å². The molecule has 316 valence electrons. The number of hydrogen-bond acceptors (Lipinski definition) is 10. The number of aliphatic hydroxyl groups excluding tert-OH is 1. The van der Waals surface area contributed by atoms with Crippen molar-refractivity contribution in [1.82, 2.24) is 41.8 Å². The minimum atomic E-state index is -1.60. The van der Waals surface area contributed by atoms with Gasteiger partial charge in [0.05, 0.1) is 16.7 Å². The molecule has 1 aromatic heterocycles. The Kier molecular flexibility index (Phi) is 13.3. The van der Waals surface area contributed by atoms with E-state index in [9.17, 15) is 43.8 Å². The highest BCUT2D eigenvalue weighted by Gasteiger charge is 2.41. The lowest BCUT2D eigenvalue weighted by Crippen LogP contribution is -2.62. The van der Waals surface area contributed by atoms with Gasteiger partial charge in [-0.15, -0.1) is 11.8 Å². The van der Waals surface area contributed by atoms with Crippen LogP contribution in [0.3, 0.4) is 0 Å². The Morgan fingerprint density at radius 3 is 2.15 bits per heavy atom. The number of fused-ring (bicyclic) bond motifs is 5. The third-order valence-electron chi connectivity index (χ3n) is 10.7. The average Bonchev–Trinajstić information content (AvgIpc) is 3.81. The maximum Gasteiger partial charge on any atom is 0.246 e. The van der Waals surface area contributed by atoms with Gasteiger partial charge < -0.3 is 52.0 Å². The van der Waals surface area contributed by atoms with Crippen molar-refractivity contribution in [3.05, 3.63) is 65.7 Å². The third kappa shape index (κ3) is 10.4. The molecule has 7 amide bonds. The number of carbonyl (C=O) groups is 7. The highest BCUT2D eigenvalue weighted by Crippen LogP contribution is 2.32. The first-order valence-corrected chi connectivity index (χ1v) is 20.8. The van der Waals surface area contributed by atoms with Crippen LogP contribution in [0, 0.1) is 0 Å².